The summed E-state index contributed by atoms with van der Waals surface area (Å²) in [5, 5.41) is 3.61. The smallest absolute Gasteiger partial charge is 0.241 e. The lowest BCUT2D eigenvalue weighted by Gasteiger charge is -2.34. The summed E-state index contributed by atoms with van der Waals surface area (Å²) in [6, 6.07) is 0.377. The van der Waals surface area contributed by atoms with Gasteiger partial charge in [0.2, 0.25) is 5.91 Å². The monoisotopic (exact) mass is 281 g/mol. The molecule has 3 atom stereocenters. The lowest BCUT2D eigenvalue weighted by atomic mass is 10.0. The second-order valence-corrected chi connectivity index (χ2v) is 6.80. The summed E-state index contributed by atoms with van der Waals surface area (Å²) in [6.45, 7) is 5.36. The van der Waals surface area contributed by atoms with E-state index in [2.05, 4.69) is 43.1 Å². The van der Waals surface area contributed by atoms with Crippen LogP contribution in [0.25, 0.3) is 0 Å². The molecule has 4 heteroatoms. The summed E-state index contributed by atoms with van der Waals surface area (Å²) in [7, 11) is 4.19. The predicted octanol–water partition coefficient (Wildman–Crippen LogP) is 2.05. The first-order valence-electron chi connectivity index (χ1n) is 8.27. The normalized spacial score (nSPS) is 29.6. The Morgan fingerprint density at radius 1 is 1.35 bits per heavy atom. The van der Waals surface area contributed by atoms with Gasteiger partial charge in [0.15, 0.2) is 0 Å². The SMILES string of the molecule is CCC1NC(C2CCCC2)N(C(C)CCN(C)C)C1=O. The van der Waals surface area contributed by atoms with Gasteiger partial charge in [-0.2, -0.15) is 0 Å². The molecule has 0 bridgehead atoms. The maximum absolute atomic E-state index is 12.6. The van der Waals surface area contributed by atoms with E-state index in [1.54, 1.807) is 0 Å². The van der Waals surface area contributed by atoms with E-state index in [-0.39, 0.29) is 12.2 Å². The van der Waals surface area contributed by atoms with Crippen molar-refractivity contribution in [2.75, 3.05) is 20.6 Å². The summed E-state index contributed by atoms with van der Waals surface area (Å²) in [6.07, 6.45) is 7.45. The van der Waals surface area contributed by atoms with Crippen molar-refractivity contribution in [1.82, 2.24) is 15.1 Å². The van der Waals surface area contributed by atoms with E-state index in [1.165, 1.54) is 25.7 Å². The molecule has 0 aromatic heterocycles. The maximum atomic E-state index is 12.6. The van der Waals surface area contributed by atoms with Gasteiger partial charge in [-0.15, -0.1) is 0 Å². The summed E-state index contributed by atoms with van der Waals surface area (Å²) < 4.78 is 0. The molecule has 0 radical (unpaired) electrons. The largest absolute Gasteiger partial charge is 0.323 e. The fourth-order valence-corrected chi connectivity index (χ4v) is 3.68. The first kappa shape index (κ1) is 15.8. The molecule has 0 aromatic rings. The van der Waals surface area contributed by atoms with Crippen molar-refractivity contribution in [3.8, 4) is 0 Å². The van der Waals surface area contributed by atoms with Crippen LogP contribution in [0.3, 0.4) is 0 Å². The molecule has 1 aliphatic heterocycles. The highest BCUT2D eigenvalue weighted by atomic mass is 16.2. The van der Waals surface area contributed by atoms with Crippen molar-refractivity contribution < 1.29 is 4.79 Å². The Balaban J connectivity index is 2.05. The molecule has 1 N–H and O–H groups in total. The summed E-state index contributed by atoms with van der Waals surface area (Å²) in [4.78, 5) is 17.0. The van der Waals surface area contributed by atoms with E-state index >= 15 is 0 Å². The van der Waals surface area contributed by atoms with Crippen LogP contribution < -0.4 is 5.32 Å². The molecule has 3 unspecified atom stereocenters. The third-order valence-electron chi connectivity index (χ3n) is 4.95. The van der Waals surface area contributed by atoms with Gasteiger partial charge < -0.3 is 9.80 Å². The first-order chi connectivity index (χ1) is 9.54. The summed E-state index contributed by atoms with van der Waals surface area (Å²) in [5.41, 5.74) is 0. The molecule has 20 heavy (non-hydrogen) atoms. The van der Waals surface area contributed by atoms with Gasteiger partial charge in [0.05, 0.1) is 12.2 Å². The average molecular weight is 281 g/mol. The lowest BCUT2D eigenvalue weighted by molar-refractivity contribution is -0.132. The van der Waals surface area contributed by atoms with Crippen molar-refractivity contribution in [3.05, 3.63) is 0 Å². The number of carbonyl (C=O) groups is 1. The van der Waals surface area contributed by atoms with Crippen molar-refractivity contribution >= 4 is 5.91 Å². The van der Waals surface area contributed by atoms with E-state index < -0.39 is 0 Å². The second-order valence-electron chi connectivity index (χ2n) is 6.80. The van der Waals surface area contributed by atoms with Crippen molar-refractivity contribution in [1.29, 1.82) is 0 Å². The standard InChI is InChI=1S/C16H31N3O/c1-5-14-16(20)19(12(2)10-11-18(3)4)15(17-14)13-8-6-7-9-13/h12-15,17H,5-11H2,1-4H3. The number of carbonyl (C=O) groups excluding carboxylic acids is 1. The Bertz CT molecular complexity index is 326. The molecule has 1 amide bonds. The molecule has 1 saturated heterocycles. The molecule has 1 saturated carbocycles. The topological polar surface area (TPSA) is 35.6 Å². The van der Waals surface area contributed by atoms with Crippen LogP contribution in [0.1, 0.15) is 52.4 Å². The minimum absolute atomic E-state index is 0.0439. The van der Waals surface area contributed by atoms with E-state index in [4.69, 9.17) is 0 Å². The van der Waals surface area contributed by atoms with Crippen LogP contribution in [0.2, 0.25) is 0 Å². The van der Waals surface area contributed by atoms with Gasteiger partial charge in [-0.25, -0.2) is 0 Å². The van der Waals surface area contributed by atoms with Gasteiger partial charge in [0.1, 0.15) is 0 Å². The molecule has 2 rings (SSSR count). The Hall–Kier alpha value is -0.610. The van der Waals surface area contributed by atoms with Gasteiger partial charge >= 0.3 is 0 Å². The van der Waals surface area contributed by atoms with Crippen molar-refractivity contribution in [3.63, 3.8) is 0 Å². The molecule has 2 fully saturated rings. The third kappa shape index (κ3) is 3.34. The number of rotatable bonds is 6. The lowest BCUT2D eigenvalue weighted by Crippen LogP contribution is -2.47. The summed E-state index contributed by atoms with van der Waals surface area (Å²) >= 11 is 0. The van der Waals surface area contributed by atoms with Crippen LogP contribution in [-0.4, -0.2) is 54.6 Å². The number of nitrogens with one attached hydrogen (secondary N) is 1. The number of hydrogen-bond donors (Lipinski definition) is 1. The zero-order valence-electron chi connectivity index (χ0n) is 13.6. The highest BCUT2D eigenvalue weighted by molar-refractivity contribution is 5.84. The van der Waals surface area contributed by atoms with Crippen LogP contribution in [0.5, 0.6) is 0 Å². The Morgan fingerprint density at radius 3 is 2.55 bits per heavy atom. The Morgan fingerprint density at radius 2 is 2.00 bits per heavy atom. The zero-order chi connectivity index (χ0) is 14.7. The Labute approximate surface area is 123 Å². The fraction of sp³-hybridized carbons (Fsp3) is 0.938. The van der Waals surface area contributed by atoms with Crippen LogP contribution in [0, 0.1) is 5.92 Å². The minimum atomic E-state index is 0.0439. The quantitative estimate of drug-likeness (QED) is 0.809. The van der Waals surface area contributed by atoms with Crippen molar-refractivity contribution in [2.45, 2.75) is 70.6 Å². The molecule has 4 nitrogen and oxygen atoms in total. The summed E-state index contributed by atoms with van der Waals surface area (Å²) in [5.74, 6) is 0.993. The van der Waals surface area contributed by atoms with Gasteiger partial charge in [-0.3, -0.25) is 10.1 Å². The van der Waals surface area contributed by atoms with Gasteiger partial charge in [0.25, 0.3) is 0 Å². The molecule has 0 spiro atoms. The van der Waals surface area contributed by atoms with Gasteiger partial charge in [-0.1, -0.05) is 19.8 Å². The zero-order valence-corrected chi connectivity index (χ0v) is 13.6. The predicted molar refractivity (Wildman–Crippen MR) is 82.4 cm³/mol. The Kier molecular flexibility index (Phi) is 5.44. The van der Waals surface area contributed by atoms with Gasteiger partial charge in [0, 0.05) is 6.04 Å². The molecule has 2 aliphatic rings. The fourth-order valence-electron chi connectivity index (χ4n) is 3.68. The molecule has 1 aliphatic carbocycles. The highest BCUT2D eigenvalue weighted by Gasteiger charge is 2.44. The molecular weight excluding hydrogens is 250 g/mol. The van der Waals surface area contributed by atoms with E-state index in [0.717, 1.165) is 19.4 Å². The van der Waals surface area contributed by atoms with Crippen LogP contribution in [0.15, 0.2) is 0 Å². The van der Waals surface area contributed by atoms with E-state index in [9.17, 15) is 4.79 Å². The minimum Gasteiger partial charge on any atom is -0.323 e. The van der Waals surface area contributed by atoms with E-state index in [0.29, 0.717) is 17.9 Å². The van der Waals surface area contributed by atoms with Crippen LogP contribution in [-0.2, 0) is 4.79 Å². The molecule has 116 valence electrons. The van der Waals surface area contributed by atoms with Crippen LogP contribution in [0.4, 0.5) is 0 Å². The molecular formula is C16H31N3O. The first-order valence-corrected chi connectivity index (χ1v) is 8.27. The third-order valence-corrected chi connectivity index (χ3v) is 4.95. The number of amides is 1. The van der Waals surface area contributed by atoms with Crippen molar-refractivity contribution in [2.24, 2.45) is 5.92 Å². The average Bonchev–Trinajstić information content (AvgIpc) is 3.03. The maximum Gasteiger partial charge on any atom is 0.241 e. The van der Waals surface area contributed by atoms with E-state index in [1.807, 2.05) is 0 Å². The second kappa shape index (κ2) is 6.90. The van der Waals surface area contributed by atoms with Gasteiger partial charge in [-0.05, 0) is 59.2 Å². The number of hydrogen-bond acceptors (Lipinski definition) is 3. The van der Waals surface area contributed by atoms with Crippen LogP contribution >= 0.6 is 0 Å². The molecule has 1 heterocycles. The molecule has 0 aromatic carbocycles. The number of nitrogens with zero attached hydrogens (tertiary/aromatic N) is 2. The highest BCUT2D eigenvalue weighted by Crippen LogP contribution is 2.33.